The van der Waals surface area contributed by atoms with E-state index >= 15 is 0 Å². The van der Waals surface area contributed by atoms with Crippen LogP contribution in [0.15, 0.2) is 18.9 Å². The van der Waals surface area contributed by atoms with Crippen molar-refractivity contribution in [2.45, 2.75) is 45.3 Å². The predicted molar refractivity (Wildman–Crippen MR) is 93.1 cm³/mol. The largest absolute Gasteiger partial charge is 0.467 e. The van der Waals surface area contributed by atoms with E-state index in [1.165, 1.54) is 17.5 Å². The van der Waals surface area contributed by atoms with Crippen molar-refractivity contribution in [3.63, 3.8) is 0 Å². The molecule has 0 aliphatic heterocycles. The van der Waals surface area contributed by atoms with E-state index < -0.39 is 6.10 Å². The van der Waals surface area contributed by atoms with Crippen molar-refractivity contribution < 1.29 is 14.6 Å². The van der Waals surface area contributed by atoms with Crippen molar-refractivity contribution >= 4 is 17.2 Å². The molecule has 0 radical (unpaired) electrons. The van der Waals surface area contributed by atoms with Crippen LogP contribution >= 0.6 is 11.3 Å². The van der Waals surface area contributed by atoms with Gasteiger partial charge in [-0.15, -0.1) is 6.58 Å². The van der Waals surface area contributed by atoms with Gasteiger partial charge in [0.1, 0.15) is 17.6 Å². The van der Waals surface area contributed by atoms with Crippen molar-refractivity contribution in [3.05, 3.63) is 23.7 Å². The molecule has 6 nitrogen and oxygen atoms in total. The normalized spacial score (nSPS) is 12.7. The molecule has 0 aliphatic carbocycles. The SMILES string of the molecule is C=CCCCNC(=O)c1cnc(OCC(O)CNC(C)(C)C)s1. The van der Waals surface area contributed by atoms with Crippen LogP contribution < -0.4 is 15.4 Å². The van der Waals surface area contributed by atoms with Gasteiger partial charge in [0.2, 0.25) is 0 Å². The van der Waals surface area contributed by atoms with Gasteiger partial charge in [-0.05, 0) is 33.6 Å². The standard InChI is InChI=1S/C16H27N3O3S/c1-5-6-7-8-17-14(21)13-10-18-15(23-13)22-11-12(20)9-19-16(2,3)4/h5,10,12,19-20H,1,6-9,11H2,2-4H3,(H,17,21). The fourth-order valence-electron chi connectivity index (χ4n) is 1.62. The van der Waals surface area contributed by atoms with Crippen molar-refractivity contribution in [1.29, 1.82) is 0 Å². The summed E-state index contributed by atoms with van der Waals surface area (Å²) < 4.78 is 5.43. The molecular formula is C16H27N3O3S. The summed E-state index contributed by atoms with van der Waals surface area (Å²) in [5.41, 5.74) is -0.0565. The van der Waals surface area contributed by atoms with Gasteiger partial charge in [-0.1, -0.05) is 17.4 Å². The third kappa shape index (κ3) is 8.68. The van der Waals surface area contributed by atoms with E-state index in [1.54, 1.807) is 0 Å². The zero-order valence-corrected chi connectivity index (χ0v) is 14.9. The summed E-state index contributed by atoms with van der Waals surface area (Å²) in [5.74, 6) is -0.156. The van der Waals surface area contributed by atoms with Gasteiger partial charge in [0.15, 0.2) is 0 Å². The number of aromatic nitrogens is 1. The number of nitrogens with one attached hydrogen (secondary N) is 2. The fraction of sp³-hybridized carbons (Fsp3) is 0.625. The highest BCUT2D eigenvalue weighted by Gasteiger charge is 2.14. The van der Waals surface area contributed by atoms with Crippen LogP contribution in [0.1, 0.15) is 43.3 Å². The average Bonchev–Trinajstić information content (AvgIpc) is 2.95. The number of unbranched alkanes of at least 4 members (excludes halogenated alkanes) is 1. The number of β-amino-alcohol motifs (C(OH)–C–C–N with tert-alkyl or cyclic N) is 1. The van der Waals surface area contributed by atoms with Crippen molar-refractivity contribution in [2.24, 2.45) is 0 Å². The zero-order valence-electron chi connectivity index (χ0n) is 14.1. The molecule has 1 rings (SSSR count). The summed E-state index contributed by atoms with van der Waals surface area (Å²) in [5, 5.41) is 16.3. The zero-order chi connectivity index (χ0) is 17.3. The van der Waals surface area contributed by atoms with E-state index in [9.17, 15) is 9.90 Å². The maximum absolute atomic E-state index is 11.9. The smallest absolute Gasteiger partial charge is 0.273 e. The number of hydrogen-bond acceptors (Lipinski definition) is 6. The minimum Gasteiger partial charge on any atom is -0.467 e. The first-order valence-corrected chi connectivity index (χ1v) is 8.54. The highest BCUT2D eigenvalue weighted by molar-refractivity contribution is 7.15. The van der Waals surface area contributed by atoms with Gasteiger partial charge in [-0.3, -0.25) is 4.79 Å². The van der Waals surface area contributed by atoms with Gasteiger partial charge in [0.05, 0.1) is 6.20 Å². The molecule has 0 spiro atoms. The van der Waals surface area contributed by atoms with Crippen molar-refractivity contribution in [1.82, 2.24) is 15.6 Å². The summed E-state index contributed by atoms with van der Waals surface area (Å²) in [6.07, 6.45) is 4.42. The number of allylic oxidation sites excluding steroid dienone is 1. The first-order valence-electron chi connectivity index (χ1n) is 7.72. The molecule has 1 aromatic heterocycles. The Bertz CT molecular complexity index is 497. The Hall–Kier alpha value is -1.44. The molecule has 1 amide bonds. The van der Waals surface area contributed by atoms with Gasteiger partial charge >= 0.3 is 0 Å². The minimum absolute atomic E-state index is 0.0565. The molecule has 1 unspecified atom stereocenters. The summed E-state index contributed by atoms with van der Waals surface area (Å²) in [4.78, 5) is 16.4. The summed E-state index contributed by atoms with van der Waals surface area (Å²) in [6, 6.07) is 0. The van der Waals surface area contributed by atoms with Gasteiger partial charge in [-0.25, -0.2) is 4.98 Å². The Balaban J connectivity index is 2.32. The lowest BCUT2D eigenvalue weighted by Crippen LogP contribution is -2.42. The van der Waals surface area contributed by atoms with Crippen LogP contribution in [-0.2, 0) is 0 Å². The van der Waals surface area contributed by atoms with Crippen LogP contribution in [0.2, 0.25) is 0 Å². The lowest BCUT2D eigenvalue weighted by molar-refractivity contribution is 0.0957. The molecule has 0 bridgehead atoms. The van der Waals surface area contributed by atoms with Crippen LogP contribution in [0.5, 0.6) is 5.19 Å². The fourth-order valence-corrected chi connectivity index (χ4v) is 2.31. The molecule has 23 heavy (non-hydrogen) atoms. The molecule has 0 aromatic carbocycles. The molecule has 7 heteroatoms. The number of carbonyl (C=O) groups is 1. The maximum atomic E-state index is 11.9. The number of thiazole rings is 1. The third-order valence-corrected chi connectivity index (χ3v) is 3.75. The summed E-state index contributed by atoms with van der Waals surface area (Å²) in [7, 11) is 0. The summed E-state index contributed by atoms with van der Waals surface area (Å²) in [6.45, 7) is 10.9. The van der Waals surface area contributed by atoms with Gasteiger partial charge in [0, 0.05) is 18.6 Å². The third-order valence-electron chi connectivity index (χ3n) is 2.85. The second kappa shape index (κ2) is 9.64. The predicted octanol–water partition coefficient (Wildman–Crippen LogP) is 1.97. The molecule has 1 aromatic rings. The molecule has 130 valence electrons. The molecule has 0 saturated carbocycles. The van der Waals surface area contributed by atoms with Crippen LogP contribution in [0.4, 0.5) is 0 Å². The van der Waals surface area contributed by atoms with Gasteiger partial charge in [0.25, 0.3) is 11.1 Å². The average molecular weight is 341 g/mol. The Kier molecular flexibility index (Phi) is 8.22. The number of ether oxygens (including phenoxy) is 1. The number of amides is 1. The Morgan fingerprint density at radius 1 is 1.57 bits per heavy atom. The highest BCUT2D eigenvalue weighted by Crippen LogP contribution is 2.20. The van der Waals surface area contributed by atoms with Crippen LogP contribution in [0.3, 0.4) is 0 Å². The number of rotatable bonds is 10. The monoisotopic (exact) mass is 341 g/mol. The molecular weight excluding hydrogens is 314 g/mol. The second-order valence-corrected chi connectivity index (χ2v) is 7.27. The number of aliphatic hydroxyl groups excluding tert-OH is 1. The Morgan fingerprint density at radius 3 is 2.96 bits per heavy atom. The number of carbonyl (C=O) groups excluding carboxylic acids is 1. The van der Waals surface area contributed by atoms with E-state index in [0.29, 0.717) is 23.2 Å². The van der Waals surface area contributed by atoms with Crippen molar-refractivity contribution in [2.75, 3.05) is 19.7 Å². The lowest BCUT2D eigenvalue weighted by Gasteiger charge is -2.22. The van der Waals surface area contributed by atoms with E-state index in [0.717, 1.165) is 12.8 Å². The van der Waals surface area contributed by atoms with E-state index in [-0.39, 0.29) is 18.1 Å². The van der Waals surface area contributed by atoms with Crippen LogP contribution in [0.25, 0.3) is 0 Å². The second-order valence-electron chi connectivity index (χ2n) is 6.27. The van der Waals surface area contributed by atoms with Crippen LogP contribution in [0, 0.1) is 0 Å². The number of nitrogens with zero attached hydrogens (tertiary/aromatic N) is 1. The van der Waals surface area contributed by atoms with Gasteiger partial charge < -0.3 is 20.5 Å². The van der Waals surface area contributed by atoms with Crippen molar-refractivity contribution in [3.8, 4) is 5.19 Å². The first kappa shape index (κ1) is 19.6. The molecule has 1 atom stereocenters. The maximum Gasteiger partial charge on any atom is 0.273 e. The topological polar surface area (TPSA) is 83.5 Å². The van der Waals surface area contributed by atoms with E-state index in [2.05, 4.69) is 22.2 Å². The van der Waals surface area contributed by atoms with E-state index in [1.807, 2.05) is 26.8 Å². The molecule has 0 fully saturated rings. The molecule has 3 N–H and O–H groups in total. The summed E-state index contributed by atoms with van der Waals surface area (Å²) >= 11 is 1.17. The van der Waals surface area contributed by atoms with Crippen LogP contribution in [-0.4, -0.2) is 47.3 Å². The number of aliphatic hydroxyl groups is 1. The Morgan fingerprint density at radius 2 is 2.30 bits per heavy atom. The van der Waals surface area contributed by atoms with E-state index in [4.69, 9.17) is 4.74 Å². The lowest BCUT2D eigenvalue weighted by atomic mass is 10.1. The molecule has 1 heterocycles. The molecule has 0 aliphatic rings. The van der Waals surface area contributed by atoms with Gasteiger partial charge in [-0.2, -0.15) is 0 Å². The minimum atomic E-state index is -0.630. The molecule has 0 saturated heterocycles. The highest BCUT2D eigenvalue weighted by atomic mass is 32.1. The number of hydrogen-bond donors (Lipinski definition) is 3. The quantitative estimate of drug-likeness (QED) is 0.448. The first-order chi connectivity index (χ1) is 10.8. The Labute approximate surface area is 142 Å².